The van der Waals surface area contributed by atoms with Crippen LogP contribution in [0, 0.1) is 0 Å². The lowest BCUT2D eigenvalue weighted by molar-refractivity contribution is 0.789. The molecule has 0 unspecified atom stereocenters. The summed E-state index contributed by atoms with van der Waals surface area (Å²) in [6, 6.07) is 17.6. The number of nitrogens with zero attached hydrogens (tertiary/aromatic N) is 3. The molecule has 2 aromatic heterocycles. The summed E-state index contributed by atoms with van der Waals surface area (Å²) in [7, 11) is 0. The van der Waals surface area contributed by atoms with Gasteiger partial charge in [-0.15, -0.1) is 0 Å². The molecule has 6 heteroatoms. The maximum absolute atomic E-state index is 6.06. The molecule has 1 N–H and O–H groups in total. The van der Waals surface area contributed by atoms with E-state index in [1.807, 2.05) is 60.8 Å². The number of nitrogens with one attached hydrogen (secondary N) is 1. The Bertz CT molecular complexity index is 1110. The topological polar surface area (TPSA) is 50.7 Å². The highest BCUT2D eigenvalue weighted by Gasteiger charge is 2.04. The van der Waals surface area contributed by atoms with Crippen molar-refractivity contribution in [2.75, 3.05) is 11.9 Å². The fourth-order valence-corrected chi connectivity index (χ4v) is 3.51. The van der Waals surface area contributed by atoms with Crippen molar-refractivity contribution in [3.8, 4) is 0 Å². The van der Waals surface area contributed by atoms with Crippen LogP contribution in [0.25, 0.3) is 10.9 Å². The smallest absolute Gasteiger partial charge is 0.128 e. The molecular weight excluding hydrogens is 403 g/mol. The molecule has 2 aromatic carbocycles. The SMILES string of the molecule is Clc1ccc(Cc2ccnc(CCCNc3ccnc4cc(Cl)ccc34)n2)cc1. The summed E-state index contributed by atoms with van der Waals surface area (Å²) in [5.74, 6) is 0.865. The van der Waals surface area contributed by atoms with E-state index in [9.17, 15) is 0 Å². The Morgan fingerprint density at radius 1 is 0.828 bits per heavy atom. The molecular formula is C23H20Cl2N4. The van der Waals surface area contributed by atoms with Gasteiger partial charge in [0, 0.05) is 58.6 Å². The molecule has 0 saturated carbocycles. The molecule has 4 aromatic rings. The summed E-state index contributed by atoms with van der Waals surface area (Å²) in [5.41, 5.74) is 4.15. The van der Waals surface area contributed by atoms with Crippen LogP contribution in [0.4, 0.5) is 5.69 Å². The minimum Gasteiger partial charge on any atom is -0.384 e. The molecule has 4 nitrogen and oxygen atoms in total. The van der Waals surface area contributed by atoms with E-state index in [0.29, 0.717) is 5.02 Å². The minimum atomic E-state index is 0.692. The van der Waals surface area contributed by atoms with Gasteiger partial charge in [0.05, 0.1) is 5.52 Å². The third kappa shape index (κ3) is 5.22. The van der Waals surface area contributed by atoms with Gasteiger partial charge in [-0.3, -0.25) is 4.98 Å². The maximum Gasteiger partial charge on any atom is 0.128 e. The van der Waals surface area contributed by atoms with Crippen LogP contribution in [0.3, 0.4) is 0 Å². The summed E-state index contributed by atoms with van der Waals surface area (Å²) in [5, 5.41) is 5.99. The molecule has 0 bridgehead atoms. The third-order valence-corrected chi connectivity index (χ3v) is 5.15. The summed E-state index contributed by atoms with van der Waals surface area (Å²) >= 11 is 12.0. The van der Waals surface area contributed by atoms with E-state index in [1.165, 1.54) is 5.56 Å². The Labute approximate surface area is 180 Å². The van der Waals surface area contributed by atoms with Crippen LogP contribution in [-0.2, 0) is 12.8 Å². The first kappa shape index (κ1) is 19.6. The van der Waals surface area contributed by atoms with Crippen molar-refractivity contribution in [2.45, 2.75) is 19.3 Å². The lowest BCUT2D eigenvalue weighted by Crippen LogP contribution is -2.06. The number of rotatable bonds is 7. The normalized spacial score (nSPS) is 11.0. The summed E-state index contributed by atoms with van der Waals surface area (Å²) in [6.07, 6.45) is 6.15. The Hall–Kier alpha value is -2.69. The number of hydrogen-bond donors (Lipinski definition) is 1. The molecule has 2 heterocycles. The number of aromatic nitrogens is 3. The molecule has 0 atom stereocenters. The van der Waals surface area contributed by atoms with Crippen LogP contribution >= 0.6 is 23.2 Å². The number of halogens is 2. The van der Waals surface area contributed by atoms with Crippen molar-refractivity contribution >= 4 is 39.8 Å². The van der Waals surface area contributed by atoms with Gasteiger partial charge in [-0.2, -0.15) is 0 Å². The van der Waals surface area contributed by atoms with Gasteiger partial charge in [-0.05, 0) is 54.4 Å². The van der Waals surface area contributed by atoms with E-state index in [1.54, 1.807) is 6.20 Å². The first-order valence-electron chi connectivity index (χ1n) is 9.51. The molecule has 0 saturated heterocycles. The molecule has 0 radical (unpaired) electrons. The second-order valence-electron chi connectivity index (χ2n) is 6.82. The van der Waals surface area contributed by atoms with Gasteiger partial charge >= 0.3 is 0 Å². The fourth-order valence-electron chi connectivity index (χ4n) is 3.22. The Kier molecular flexibility index (Phi) is 6.23. The Morgan fingerprint density at radius 2 is 1.62 bits per heavy atom. The van der Waals surface area contributed by atoms with Gasteiger partial charge in [-0.25, -0.2) is 9.97 Å². The lowest BCUT2D eigenvalue weighted by Gasteiger charge is -2.09. The monoisotopic (exact) mass is 422 g/mol. The predicted octanol–water partition coefficient (Wildman–Crippen LogP) is 5.97. The average Bonchev–Trinajstić information content (AvgIpc) is 2.73. The highest BCUT2D eigenvalue weighted by Crippen LogP contribution is 2.24. The molecule has 0 amide bonds. The summed E-state index contributed by atoms with van der Waals surface area (Å²) in [6.45, 7) is 0.826. The van der Waals surface area contributed by atoms with Crippen molar-refractivity contribution in [2.24, 2.45) is 0 Å². The minimum absolute atomic E-state index is 0.692. The zero-order valence-electron chi connectivity index (χ0n) is 15.8. The van der Waals surface area contributed by atoms with E-state index >= 15 is 0 Å². The number of fused-ring (bicyclic) bond motifs is 1. The van der Waals surface area contributed by atoms with Crippen molar-refractivity contribution in [3.63, 3.8) is 0 Å². The molecule has 0 aliphatic carbocycles. The molecule has 29 heavy (non-hydrogen) atoms. The second-order valence-corrected chi connectivity index (χ2v) is 7.69. The number of aryl methyl sites for hydroxylation is 1. The number of anilines is 1. The van der Waals surface area contributed by atoms with Gasteiger partial charge in [0.1, 0.15) is 5.82 Å². The second kappa shape index (κ2) is 9.21. The lowest BCUT2D eigenvalue weighted by atomic mass is 10.1. The summed E-state index contributed by atoms with van der Waals surface area (Å²) in [4.78, 5) is 13.5. The highest BCUT2D eigenvalue weighted by atomic mass is 35.5. The standard InChI is InChI=1S/C23H20Cl2N4/c24-17-5-3-16(4-6-17)14-19-9-12-28-23(29-19)2-1-11-26-21-10-13-27-22-15-18(25)7-8-20(21)22/h3-10,12-13,15H,1-2,11,14H2,(H,26,27). The predicted molar refractivity (Wildman–Crippen MR) is 120 cm³/mol. The zero-order valence-corrected chi connectivity index (χ0v) is 17.3. The molecule has 4 rings (SSSR count). The fraction of sp³-hybridized carbons (Fsp3) is 0.174. The van der Waals surface area contributed by atoms with Crippen molar-refractivity contribution in [1.29, 1.82) is 0 Å². The van der Waals surface area contributed by atoms with Crippen LogP contribution in [0.5, 0.6) is 0 Å². The molecule has 0 aliphatic rings. The van der Waals surface area contributed by atoms with Gasteiger partial charge in [0.2, 0.25) is 0 Å². The maximum atomic E-state index is 6.06. The van der Waals surface area contributed by atoms with E-state index < -0.39 is 0 Å². The Balaban J connectivity index is 1.34. The number of pyridine rings is 1. The highest BCUT2D eigenvalue weighted by molar-refractivity contribution is 6.31. The van der Waals surface area contributed by atoms with Crippen molar-refractivity contribution in [1.82, 2.24) is 15.0 Å². The van der Waals surface area contributed by atoms with Crippen LogP contribution in [0.2, 0.25) is 10.0 Å². The van der Waals surface area contributed by atoms with Crippen LogP contribution in [0.15, 0.2) is 67.0 Å². The first-order chi connectivity index (χ1) is 14.2. The quantitative estimate of drug-likeness (QED) is 0.372. The molecule has 0 spiro atoms. The van der Waals surface area contributed by atoms with E-state index in [0.717, 1.165) is 58.9 Å². The average molecular weight is 423 g/mol. The van der Waals surface area contributed by atoms with Gasteiger partial charge in [0.15, 0.2) is 0 Å². The first-order valence-corrected chi connectivity index (χ1v) is 10.3. The van der Waals surface area contributed by atoms with Gasteiger partial charge in [0.25, 0.3) is 0 Å². The van der Waals surface area contributed by atoms with Gasteiger partial charge in [-0.1, -0.05) is 35.3 Å². The molecule has 0 fully saturated rings. The molecule has 146 valence electrons. The van der Waals surface area contributed by atoms with Gasteiger partial charge < -0.3 is 5.32 Å². The third-order valence-electron chi connectivity index (χ3n) is 4.66. The number of benzene rings is 2. The van der Waals surface area contributed by atoms with Crippen LogP contribution in [-0.4, -0.2) is 21.5 Å². The zero-order chi connectivity index (χ0) is 20.1. The van der Waals surface area contributed by atoms with Crippen LogP contribution in [0.1, 0.15) is 23.5 Å². The van der Waals surface area contributed by atoms with Crippen LogP contribution < -0.4 is 5.32 Å². The van der Waals surface area contributed by atoms with Crippen molar-refractivity contribution in [3.05, 3.63) is 94.1 Å². The largest absolute Gasteiger partial charge is 0.384 e. The van der Waals surface area contributed by atoms with E-state index in [4.69, 9.17) is 28.2 Å². The summed E-state index contributed by atoms with van der Waals surface area (Å²) < 4.78 is 0. The van der Waals surface area contributed by atoms with E-state index in [-0.39, 0.29) is 0 Å². The number of hydrogen-bond acceptors (Lipinski definition) is 4. The van der Waals surface area contributed by atoms with E-state index in [2.05, 4.69) is 15.3 Å². The molecule has 0 aliphatic heterocycles. The van der Waals surface area contributed by atoms with Crippen molar-refractivity contribution < 1.29 is 0 Å². The Morgan fingerprint density at radius 3 is 2.48 bits per heavy atom.